The molecular weight excluding hydrogens is 534 g/mol. The van der Waals surface area contributed by atoms with Gasteiger partial charge in [-0.25, -0.2) is 9.13 Å². The smallest absolute Gasteiger partial charge is 0.394 e. The lowest BCUT2D eigenvalue weighted by molar-refractivity contribution is -0.251. The fraction of sp³-hybridized carbons (Fsp3) is 1.00. The SMILES string of the molecule is COC(F)(F)COCCO.COC(F)(F)COCCOP(=O)(OC)OC.COP(=O)(Cl)OC. The largest absolute Gasteiger partial charge is 0.474 e. The van der Waals surface area contributed by atoms with Crippen LogP contribution in [0.2, 0.25) is 0 Å². The summed E-state index contributed by atoms with van der Waals surface area (Å²) in [6.07, 6.45) is -6.58. The van der Waals surface area contributed by atoms with Gasteiger partial charge in [0.1, 0.15) is 13.2 Å². The second-order valence-electron chi connectivity index (χ2n) is 4.95. The molecule has 0 aromatic heterocycles. The first-order valence-corrected chi connectivity index (χ1v) is 12.4. The first-order chi connectivity index (χ1) is 15.1. The van der Waals surface area contributed by atoms with Gasteiger partial charge in [-0.05, 0) is 0 Å². The Hall–Kier alpha value is 0.0700. The van der Waals surface area contributed by atoms with Crippen molar-refractivity contribution in [3.05, 3.63) is 0 Å². The Kier molecular flexibility index (Phi) is 23.1. The van der Waals surface area contributed by atoms with E-state index in [4.69, 9.17) is 16.3 Å². The maximum Gasteiger partial charge on any atom is 0.474 e. The van der Waals surface area contributed by atoms with Gasteiger partial charge < -0.3 is 33.1 Å². The molecule has 0 bridgehead atoms. The molecule has 1 N–H and O–H groups in total. The summed E-state index contributed by atoms with van der Waals surface area (Å²) < 4.78 is 109. The Morgan fingerprint density at radius 3 is 1.39 bits per heavy atom. The molecular formula is C14H31ClF4O12P2. The van der Waals surface area contributed by atoms with Crippen molar-refractivity contribution >= 4 is 26.0 Å². The lowest BCUT2D eigenvalue weighted by atomic mass is 10.6. The zero-order chi connectivity index (χ0) is 26.6. The molecule has 204 valence electrons. The third-order valence-electron chi connectivity index (χ3n) is 2.73. The summed E-state index contributed by atoms with van der Waals surface area (Å²) in [5.74, 6) is 0. The number of rotatable bonds is 16. The average Bonchev–Trinajstić information content (AvgIpc) is 2.79. The Morgan fingerprint density at radius 2 is 1.12 bits per heavy atom. The van der Waals surface area contributed by atoms with Gasteiger partial charge in [0.15, 0.2) is 0 Å². The molecule has 0 fully saturated rings. The van der Waals surface area contributed by atoms with Crippen molar-refractivity contribution in [2.75, 3.05) is 82.3 Å². The van der Waals surface area contributed by atoms with E-state index in [1.807, 2.05) is 0 Å². The van der Waals surface area contributed by atoms with Gasteiger partial charge in [-0.3, -0.25) is 13.6 Å². The molecule has 0 amide bonds. The van der Waals surface area contributed by atoms with Gasteiger partial charge in [-0.2, -0.15) is 17.6 Å². The number of phosphoric ester groups is 1. The monoisotopic (exact) mass is 564 g/mol. The van der Waals surface area contributed by atoms with Crippen LogP contribution in [0.15, 0.2) is 0 Å². The minimum absolute atomic E-state index is 0.0983. The number of hydrogen-bond donors (Lipinski definition) is 1. The minimum atomic E-state index is -3.57. The lowest BCUT2D eigenvalue weighted by Crippen LogP contribution is -2.26. The van der Waals surface area contributed by atoms with E-state index in [9.17, 15) is 26.7 Å². The first-order valence-electron chi connectivity index (χ1n) is 8.53. The summed E-state index contributed by atoms with van der Waals surface area (Å²) in [6, 6.07) is 0. The molecule has 0 rings (SSSR count). The highest BCUT2D eigenvalue weighted by molar-refractivity contribution is 7.81. The van der Waals surface area contributed by atoms with Crippen LogP contribution in [0.3, 0.4) is 0 Å². The van der Waals surface area contributed by atoms with Gasteiger partial charge in [-0.1, -0.05) is 0 Å². The van der Waals surface area contributed by atoms with Gasteiger partial charge >= 0.3 is 27.0 Å². The van der Waals surface area contributed by atoms with Gasteiger partial charge in [0.05, 0.1) is 26.4 Å². The molecule has 19 heteroatoms. The van der Waals surface area contributed by atoms with Crippen LogP contribution in [-0.4, -0.2) is 99.6 Å². The number of aliphatic hydroxyl groups is 1. The molecule has 12 nitrogen and oxygen atoms in total. The molecule has 0 aromatic carbocycles. The number of hydrogen-bond acceptors (Lipinski definition) is 12. The van der Waals surface area contributed by atoms with Gasteiger partial charge in [0, 0.05) is 53.9 Å². The van der Waals surface area contributed by atoms with Crippen LogP contribution in [0.25, 0.3) is 0 Å². The standard InChI is InChI=1S/C7H15F2O6P.C5H10F2O3.C2H6ClO3P/c1-11-7(8,9)6-14-4-5-15-16(10,12-2)13-3;1-9-5(6,7)4-10-3-2-8;1-5-7(3,4)6-2/h4-6H2,1-3H3;8H,2-4H2,1H3;1-2H3. The highest BCUT2D eigenvalue weighted by Gasteiger charge is 2.29. The van der Waals surface area contributed by atoms with Crippen LogP contribution >= 0.6 is 26.0 Å². The molecule has 0 atom stereocenters. The van der Waals surface area contributed by atoms with E-state index in [2.05, 4.69) is 41.6 Å². The predicted octanol–water partition coefficient (Wildman–Crippen LogP) is 3.52. The molecule has 0 aromatic rings. The van der Waals surface area contributed by atoms with Crippen molar-refractivity contribution in [3.63, 3.8) is 0 Å². The molecule has 0 unspecified atom stereocenters. The number of phosphoric acid groups is 1. The second-order valence-corrected chi connectivity index (χ2v) is 9.67. The van der Waals surface area contributed by atoms with E-state index in [-0.39, 0.29) is 26.4 Å². The van der Waals surface area contributed by atoms with E-state index in [0.29, 0.717) is 0 Å². The molecule has 33 heavy (non-hydrogen) atoms. The summed E-state index contributed by atoms with van der Waals surface area (Å²) in [4.78, 5) is 0. The van der Waals surface area contributed by atoms with Crippen molar-refractivity contribution in [1.82, 2.24) is 0 Å². The third-order valence-corrected chi connectivity index (χ3v) is 5.83. The van der Waals surface area contributed by atoms with Crippen LogP contribution in [0.1, 0.15) is 0 Å². The Bertz CT molecular complexity index is 546. The van der Waals surface area contributed by atoms with E-state index in [1.165, 1.54) is 14.2 Å². The van der Waals surface area contributed by atoms with Crippen molar-refractivity contribution < 1.29 is 73.4 Å². The van der Waals surface area contributed by atoms with Crippen LogP contribution in [-0.2, 0) is 50.7 Å². The summed E-state index contributed by atoms with van der Waals surface area (Å²) in [5, 5.41) is 8.13. The third kappa shape index (κ3) is 25.0. The molecule has 0 saturated heterocycles. The Morgan fingerprint density at radius 1 is 0.727 bits per heavy atom. The molecule has 0 spiro atoms. The summed E-state index contributed by atoms with van der Waals surface area (Å²) >= 11 is 5.02. The van der Waals surface area contributed by atoms with Crippen molar-refractivity contribution in [1.29, 1.82) is 0 Å². The lowest BCUT2D eigenvalue weighted by Gasteiger charge is -2.15. The summed E-state index contributed by atoms with van der Waals surface area (Å²) in [5.41, 5.74) is 0. The number of ether oxygens (including phenoxy) is 4. The van der Waals surface area contributed by atoms with Crippen LogP contribution < -0.4 is 0 Å². The fourth-order valence-corrected chi connectivity index (χ4v) is 1.83. The molecule has 0 heterocycles. The molecule has 0 aliphatic carbocycles. The summed E-state index contributed by atoms with van der Waals surface area (Å²) in [6.45, 7) is -5.65. The molecule has 0 radical (unpaired) electrons. The molecule has 0 saturated carbocycles. The van der Waals surface area contributed by atoms with Gasteiger partial charge in [0.2, 0.25) is 0 Å². The van der Waals surface area contributed by atoms with Gasteiger partial charge in [-0.15, -0.1) is 0 Å². The number of halogens is 5. The first kappa shape index (κ1) is 37.6. The molecule has 0 aliphatic heterocycles. The van der Waals surface area contributed by atoms with Crippen molar-refractivity contribution in [2.45, 2.75) is 12.2 Å². The quantitative estimate of drug-likeness (QED) is 0.167. The van der Waals surface area contributed by atoms with Crippen molar-refractivity contribution in [2.24, 2.45) is 0 Å². The molecule has 0 aliphatic rings. The zero-order valence-electron chi connectivity index (χ0n) is 19.0. The zero-order valence-corrected chi connectivity index (χ0v) is 21.5. The minimum Gasteiger partial charge on any atom is -0.394 e. The van der Waals surface area contributed by atoms with E-state index in [1.54, 1.807) is 0 Å². The Labute approximate surface area is 194 Å². The predicted molar refractivity (Wildman–Crippen MR) is 108 cm³/mol. The number of methoxy groups -OCH3 is 2. The summed E-state index contributed by atoms with van der Waals surface area (Å²) in [7, 11) is 2.91. The average molecular weight is 565 g/mol. The van der Waals surface area contributed by atoms with Crippen LogP contribution in [0.4, 0.5) is 17.6 Å². The maximum absolute atomic E-state index is 12.5. The second kappa shape index (κ2) is 20.3. The fourth-order valence-electron chi connectivity index (χ4n) is 1.03. The topological polar surface area (TPSA) is 137 Å². The van der Waals surface area contributed by atoms with E-state index in [0.717, 1.165) is 28.4 Å². The normalized spacial score (nSPS) is 12.5. The van der Waals surface area contributed by atoms with Gasteiger partial charge in [0.25, 0.3) is 0 Å². The van der Waals surface area contributed by atoms with E-state index < -0.39 is 40.2 Å². The van der Waals surface area contributed by atoms with Crippen molar-refractivity contribution in [3.8, 4) is 0 Å². The van der Waals surface area contributed by atoms with Crippen LogP contribution in [0.5, 0.6) is 0 Å². The highest BCUT2D eigenvalue weighted by Crippen LogP contribution is 2.51. The number of alkyl halides is 4. The Balaban J connectivity index is -0.000000451. The number of aliphatic hydroxyl groups excluding tert-OH is 1. The van der Waals surface area contributed by atoms with E-state index >= 15 is 0 Å². The highest BCUT2D eigenvalue weighted by atomic mass is 35.7. The van der Waals surface area contributed by atoms with Crippen LogP contribution in [0, 0.1) is 0 Å². The maximum atomic E-state index is 12.5.